The van der Waals surface area contributed by atoms with Gasteiger partial charge in [-0.25, -0.2) is 14.2 Å². The van der Waals surface area contributed by atoms with Crippen molar-refractivity contribution in [3.8, 4) is 5.75 Å². The number of nitrogens with zero attached hydrogens (tertiary/aromatic N) is 3. The molecule has 1 aliphatic rings. The summed E-state index contributed by atoms with van der Waals surface area (Å²) in [5.74, 6) is -0.541. The highest BCUT2D eigenvalue weighted by molar-refractivity contribution is 5.99. The second-order valence-corrected chi connectivity index (χ2v) is 7.83. The van der Waals surface area contributed by atoms with Crippen LogP contribution in [0.4, 0.5) is 4.39 Å². The molecule has 1 saturated heterocycles. The Morgan fingerprint density at radius 3 is 2.29 bits per heavy atom. The first kappa shape index (κ1) is 23.2. The van der Waals surface area contributed by atoms with Gasteiger partial charge in [-0.15, -0.1) is 0 Å². The first-order valence-corrected chi connectivity index (χ1v) is 10.7. The standard InChI is InChI=1S/C25H24FN3O5/c1-33-25(32)22-16-34-23(27-22)15-28-10-12-29(13-11-28)24(31)14-21(17-2-6-19(26)7-3-17)18-4-8-20(30)9-5-18/h2-9,14,16,30H,10-13,15H2,1H3/b21-14-. The first-order valence-electron chi connectivity index (χ1n) is 10.7. The lowest BCUT2D eigenvalue weighted by Crippen LogP contribution is -2.47. The Balaban J connectivity index is 1.44. The molecule has 8 nitrogen and oxygen atoms in total. The Labute approximate surface area is 195 Å². The molecular formula is C25H24FN3O5. The van der Waals surface area contributed by atoms with Crippen LogP contribution >= 0.6 is 0 Å². The summed E-state index contributed by atoms with van der Waals surface area (Å²) < 4.78 is 23.4. The van der Waals surface area contributed by atoms with Crippen LogP contribution in [0, 0.1) is 5.82 Å². The average molecular weight is 465 g/mol. The Hall–Kier alpha value is -3.98. The predicted molar refractivity (Wildman–Crippen MR) is 121 cm³/mol. The van der Waals surface area contributed by atoms with Gasteiger partial charge >= 0.3 is 5.97 Å². The Morgan fingerprint density at radius 1 is 1.06 bits per heavy atom. The van der Waals surface area contributed by atoms with Crippen LogP contribution in [-0.4, -0.2) is 65.1 Å². The Kier molecular flexibility index (Phi) is 7.03. The number of rotatable bonds is 6. The molecule has 0 spiro atoms. The number of phenols is 1. The number of aromatic nitrogens is 1. The van der Waals surface area contributed by atoms with E-state index in [0.717, 1.165) is 5.56 Å². The lowest BCUT2D eigenvalue weighted by Gasteiger charge is -2.33. The minimum Gasteiger partial charge on any atom is -0.508 e. The van der Waals surface area contributed by atoms with E-state index < -0.39 is 5.97 Å². The largest absolute Gasteiger partial charge is 0.508 e. The molecule has 9 heteroatoms. The molecule has 1 aliphatic heterocycles. The maximum Gasteiger partial charge on any atom is 0.360 e. The summed E-state index contributed by atoms with van der Waals surface area (Å²) in [6.07, 6.45) is 2.82. The first-order chi connectivity index (χ1) is 16.4. The number of methoxy groups -OCH3 is 1. The summed E-state index contributed by atoms with van der Waals surface area (Å²) in [5, 5.41) is 9.62. The van der Waals surface area contributed by atoms with Crippen LogP contribution in [0.5, 0.6) is 5.75 Å². The Bertz CT molecular complexity index is 1130. The van der Waals surface area contributed by atoms with Crippen LogP contribution < -0.4 is 0 Å². The molecular weight excluding hydrogens is 441 g/mol. The number of oxazole rings is 1. The van der Waals surface area contributed by atoms with Gasteiger partial charge in [0, 0.05) is 32.3 Å². The zero-order valence-electron chi connectivity index (χ0n) is 18.6. The summed E-state index contributed by atoms with van der Waals surface area (Å²) in [4.78, 5) is 32.6. The van der Waals surface area contributed by atoms with Gasteiger partial charge in [0.15, 0.2) is 5.69 Å². The number of amides is 1. The maximum atomic E-state index is 13.4. The number of piperazine rings is 1. The number of aromatic hydroxyl groups is 1. The van der Waals surface area contributed by atoms with Crippen LogP contribution in [0.25, 0.3) is 5.57 Å². The second kappa shape index (κ2) is 10.3. The van der Waals surface area contributed by atoms with E-state index in [4.69, 9.17) is 4.42 Å². The van der Waals surface area contributed by atoms with E-state index in [0.29, 0.717) is 49.8 Å². The third-order valence-corrected chi connectivity index (χ3v) is 5.59. The number of esters is 1. The van der Waals surface area contributed by atoms with Gasteiger partial charge in [0.05, 0.1) is 13.7 Å². The van der Waals surface area contributed by atoms with Gasteiger partial charge in [-0.3, -0.25) is 9.69 Å². The van der Waals surface area contributed by atoms with Gasteiger partial charge < -0.3 is 19.2 Å². The van der Waals surface area contributed by atoms with Gasteiger partial charge in [-0.1, -0.05) is 24.3 Å². The van der Waals surface area contributed by atoms with Crippen molar-refractivity contribution in [3.05, 3.63) is 89.4 Å². The highest BCUT2D eigenvalue weighted by Crippen LogP contribution is 2.26. The predicted octanol–water partition coefficient (Wildman–Crippen LogP) is 3.08. The zero-order valence-corrected chi connectivity index (χ0v) is 18.6. The molecule has 1 amide bonds. The SMILES string of the molecule is COC(=O)c1coc(CN2CCN(C(=O)/C=C(\c3ccc(O)cc3)c3ccc(F)cc3)CC2)n1. The quantitative estimate of drug-likeness (QED) is 0.442. The smallest absolute Gasteiger partial charge is 0.360 e. The number of phenolic OH excluding ortho intramolecular Hbond substituents is 1. The number of hydrogen-bond acceptors (Lipinski definition) is 7. The molecule has 4 rings (SSSR count). The van der Waals surface area contributed by atoms with Crippen molar-refractivity contribution in [1.82, 2.24) is 14.8 Å². The molecule has 0 unspecified atom stereocenters. The number of benzene rings is 2. The van der Waals surface area contributed by atoms with Crippen LogP contribution in [0.15, 0.2) is 65.3 Å². The normalized spacial score (nSPS) is 14.8. The molecule has 1 aromatic heterocycles. The molecule has 3 aromatic rings. The number of carbonyl (C=O) groups is 2. The van der Waals surface area contributed by atoms with Crippen molar-refractivity contribution >= 4 is 17.4 Å². The van der Waals surface area contributed by atoms with Crippen LogP contribution in [0.3, 0.4) is 0 Å². The van der Waals surface area contributed by atoms with Crippen molar-refractivity contribution in [1.29, 1.82) is 0 Å². The van der Waals surface area contributed by atoms with Gasteiger partial charge in [-0.05, 0) is 41.0 Å². The summed E-state index contributed by atoms with van der Waals surface area (Å²) in [7, 11) is 1.28. The molecule has 2 aromatic carbocycles. The Morgan fingerprint density at radius 2 is 1.68 bits per heavy atom. The highest BCUT2D eigenvalue weighted by atomic mass is 19.1. The van der Waals surface area contributed by atoms with E-state index in [1.165, 1.54) is 25.5 Å². The molecule has 1 N–H and O–H groups in total. The second-order valence-electron chi connectivity index (χ2n) is 7.83. The van der Waals surface area contributed by atoms with Crippen molar-refractivity contribution < 1.29 is 28.2 Å². The van der Waals surface area contributed by atoms with Crippen molar-refractivity contribution in [2.24, 2.45) is 0 Å². The van der Waals surface area contributed by atoms with Crippen LogP contribution in [0.2, 0.25) is 0 Å². The molecule has 34 heavy (non-hydrogen) atoms. The average Bonchev–Trinajstić information content (AvgIpc) is 3.32. The summed E-state index contributed by atoms with van der Waals surface area (Å²) >= 11 is 0. The summed E-state index contributed by atoms with van der Waals surface area (Å²) in [6.45, 7) is 2.66. The maximum absolute atomic E-state index is 13.4. The van der Waals surface area contributed by atoms with E-state index in [2.05, 4.69) is 14.6 Å². The fraction of sp³-hybridized carbons (Fsp3) is 0.240. The van der Waals surface area contributed by atoms with Crippen molar-refractivity contribution in [2.75, 3.05) is 33.3 Å². The third-order valence-electron chi connectivity index (χ3n) is 5.59. The molecule has 1 fully saturated rings. The molecule has 0 saturated carbocycles. The van der Waals surface area contributed by atoms with Gasteiger partial charge in [0.2, 0.25) is 11.8 Å². The number of halogens is 1. The molecule has 0 aliphatic carbocycles. The molecule has 176 valence electrons. The lowest BCUT2D eigenvalue weighted by atomic mass is 9.97. The van der Waals surface area contributed by atoms with Crippen molar-refractivity contribution in [3.63, 3.8) is 0 Å². The molecule has 0 atom stereocenters. The van der Waals surface area contributed by atoms with E-state index >= 15 is 0 Å². The highest BCUT2D eigenvalue weighted by Gasteiger charge is 2.23. The summed E-state index contributed by atoms with van der Waals surface area (Å²) in [5.41, 5.74) is 2.20. The minimum absolute atomic E-state index is 0.120. The molecule has 0 bridgehead atoms. The third kappa shape index (κ3) is 5.49. The minimum atomic E-state index is -0.553. The number of ether oxygens (including phenoxy) is 1. The topological polar surface area (TPSA) is 96.1 Å². The number of carbonyl (C=O) groups excluding carboxylic acids is 2. The molecule has 2 heterocycles. The van der Waals surface area contributed by atoms with Crippen LogP contribution in [-0.2, 0) is 16.1 Å². The van der Waals surface area contributed by atoms with Crippen molar-refractivity contribution in [2.45, 2.75) is 6.54 Å². The van der Waals surface area contributed by atoms with Crippen LogP contribution in [0.1, 0.15) is 27.5 Å². The van der Waals surface area contributed by atoms with Gasteiger partial charge in [-0.2, -0.15) is 0 Å². The molecule has 0 radical (unpaired) electrons. The van der Waals surface area contributed by atoms with Gasteiger partial charge in [0.25, 0.3) is 0 Å². The monoisotopic (exact) mass is 465 g/mol. The van der Waals surface area contributed by atoms with E-state index in [1.807, 2.05) is 0 Å². The lowest BCUT2D eigenvalue weighted by molar-refractivity contribution is -0.127. The van der Waals surface area contributed by atoms with E-state index in [-0.39, 0.29) is 23.2 Å². The van der Waals surface area contributed by atoms with E-state index in [9.17, 15) is 19.1 Å². The number of hydrogen-bond donors (Lipinski definition) is 1. The van der Waals surface area contributed by atoms with Gasteiger partial charge in [0.1, 0.15) is 17.8 Å². The fourth-order valence-electron chi connectivity index (χ4n) is 3.72. The zero-order chi connectivity index (χ0) is 24.1. The fourth-order valence-corrected chi connectivity index (χ4v) is 3.72. The van der Waals surface area contributed by atoms with E-state index in [1.54, 1.807) is 47.4 Å². The summed E-state index contributed by atoms with van der Waals surface area (Å²) in [6, 6.07) is 12.5.